The van der Waals surface area contributed by atoms with Crippen molar-refractivity contribution in [3.8, 4) is 0 Å². The van der Waals surface area contributed by atoms with Crippen LogP contribution in [0, 0.1) is 0 Å². The van der Waals surface area contributed by atoms with Crippen LogP contribution in [0.25, 0.3) is 0 Å². The van der Waals surface area contributed by atoms with Crippen molar-refractivity contribution < 1.29 is 24.4 Å². The molecule has 0 aromatic heterocycles. The van der Waals surface area contributed by atoms with Gasteiger partial charge in [0.15, 0.2) is 11.4 Å². The molecule has 0 saturated carbocycles. The summed E-state index contributed by atoms with van der Waals surface area (Å²) < 4.78 is 11.5. The minimum Gasteiger partial charge on any atom is -0.393 e. The van der Waals surface area contributed by atoms with Crippen molar-refractivity contribution >= 4 is 0 Å². The van der Waals surface area contributed by atoms with Gasteiger partial charge in [-0.05, 0) is 13.8 Å². The SMILES string of the molecule is CC1(C)O[C@@H]2[C@@H]3C=C[C@@H](OO3)[C@]2(CO)O1. The Labute approximate surface area is 87.5 Å². The van der Waals surface area contributed by atoms with Crippen LogP contribution in [-0.2, 0) is 19.2 Å². The normalized spacial score (nSPS) is 50.7. The van der Waals surface area contributed by atoms with Crippen molar-refractivity contribution in [2.75, 3.05) is 6.61 Å². The fraction of sp³-hybridized carbons (Fsp3) is 0.800. The van der Waals surface area contributed by atoms with Gasteiger partial charge >= 0.3 is 0 Å². The zero-order valence-corrected chi connectivity index (χ0v) is 8.67. The van der Waals surface area contributed by atoms with Gasteiger partial charge in [0.05, 0.1) is 6.61 Å². The molecular weight excluding hydrogens is 200 g/mol. The second kappa shape index (κ2) is 2.81. The van der Waals surface area contributed by atoms with Crippen molar-refractivity contribution in [3.05, 3.63) is 12.2 Å². The summed E-state index contributed by atoms with van der Waals surface area (Å²) >= 11 is 0. The Morgan fingerprint density at radius 1 is 1.27 bits per heavy atom. The number of hydrogen-bond donors (Lipinski definition) is 1. The third-order valence-electron chi connectivity index (χ3n) is 3.10. The summed E-state index contributed by atoms with van der Waals surface area (Å²) in [6, 6.07) is 0. The molecule has 84 valence electrons. The molecule has 5 nitrogen and oxygen atoms in total. The zero-order chi connectivity index (χ0) is 10.7. The van der Waals surface area contributed by atoms with E-state index in [1.165, 1.54) is 0 Å². The molecule has 2 saturated heterocycles. The largest absolute Gasteiger partial charge is 0.393 e. The second-order valence-corrected chi connectivity index (χ2v) is 4.62. The lowest BCUT2D eigenvalue weighted by molar-refractivity contribution is -0.409. The molecule has 1 N–H and O–H groups in total. The molecular formula is C10H14O5. The highest BCUT2D eigenvalue weighted by molar-refractivity contribution is 5.21. The van der Waals surface area contributed by atoms with E-state index in [4.69, 9.17) is 19.2 Å². The fourth-order valence-electron chi connectivity index (χ4n) is 2.52. The molecule has 0 aromatic carbocycles. The van der Waals surface area contributed by atoms with Crippen LogP contribution in [0.3, 0.4) is 0 Å². The lowest BCUT2D eigenvalue weighted by Gasteiger charge is -2.45. The summed E-state index contributed by atoms with van der Waals surface area (Å²) in [6.45, 7) is 3.50. The van der Waals surface area contributed by atoms with Crippen LogP contribution in [0.1, 0.15) is 13.8 Å². The maximum absolute atomic E-state index is 9.53. The summed E-state index contributed by atoms with van der Waals surface area (Å²) in [5.41, 5.74) is -0.818. The van der Waals surface area contributed by atoms with Crippen molar-refractivity contribution in [2.24, 2.45) is 0 Å². The number of hydrogen-bond acceptors (Lipinski definition) is 5. The predicted molar refractivity (Wildman–Crippen MR) is 48.7 cm³/mol. The van der Waals surface area contributed by atoms with Gasteiger partial charge in [-0.15, -0.1) is 0 Å². The number of ether oxygens (including phenoxy) is 2. The standard InChI is InChI=1S/C10H14O5/c1-9(2)12-8-6-3-4-7(14-13-6)10(8,5-11)15-9/h3-4,6-8,11H,5H2,1-2H3/t6-,7+,8+,10-/m0/s1. The van der Waals surface area contributed by atoms with Gasteiger partial charge in [-0.25, -0.2) is 9.78 Å². The first kappa shape index (κ1) is 9.74. The molecule has 2 fully saturated rings. The number of rotatable bonds is 1. The topological polar surface area (TPSA) is 57.2 Å². The first-order chi connectivity index (χ1) is 7.07. The number of fused-ring (bicyclic) bond motifs is 1. The van der Waals surface area contributed by atoms with Crippen LogP contribution in [0.15, 0.2) is 12.2 Å². The van der Waals surface area contributed by atoms with Crippen molar-refractivity contribution in [3.63, 3.8) is 0 Å². The Balaban J connectivity index is 2.03. The van der Waals surface area contributed by atoms with Crippen LogP contribution >= 0.6 is 0 Å². The molecule has 4 atom stereocenters. The molecule has 0 aromatic rings. The Morgan fingerprint density at radius 2 is 2.07 bits per heavy atom. The van der Waals surface area contributed by atoms with E-state index in [-0.39, 0.29) is 18.8 Å². The molecule has 0 unspecified atom stereocenters. The van der Waals surface area contributed by atoms with Crippen LogP contribution in [0.5, 0.6) is 0 Å². The molecule has 3 heterocycles. The van der Waals surface area contributed by atoms with Crippen molar-refractivity contribution in [1.82, 2.24) is 0 Å². The summed E-state index contributed by atoms with van der Waals surface area (Å²) in [4.78, 5) is 10.2. The van der Waals surface area contributed by atoms with Gasteiger partial charge in [0.1, 0.15) is 18.3 Å². The first-order valence-electron chi connectivity index (χ1n) is 5.07. The maximum atomic E-state index is 9.53. The first-order valence-corrected chi connectivity index (χ1v) is 5.07. The van der Waals surface area contributed by atoms with Crippen molar-refractivity contribution in [1.29, 1.82) is 0 Å². The number of aliphatic hydroxyl groups is 1. The Bertz CT molecular complexity index is 313. The highest BCUT2D eigenvalue weighted by Gasteiger charge is 2.64. The van der Waals surface area contributed by atoms with E-state index in [9.17, 15) is 5.11 Å². The van der Waals surface area contributed by atoms with Crippen molar-refractivity contribution in [2.45, 2.75) is 43.5 Å². The summed E-state index contributed by atoms with van der Waals surface area (Å²) in [7, 11) is 0. The molecule has 4 aliphatic rings. The molecule has 2 bridgehead atoms. The predicted octanol–water partition coefficient (Wildman–Crippen LogP) is 0.138. The molecule has 0 amide bonds. The average molecular weight is 214 g/mol. The Hall–Kier alpha value is -0.460. The van der Waals surface area contributed by atoms with Crippen LogP contribution in [0.4, 0.5) is 0 Å². The molecule has 0 spiro atoms. The van der Waals surface area contributed by atoms with Gasteiger partial charge in [0, 0.05) is 0 Å². The number of aliphatic hydroxyl groups excluding tert-OH is 1. The maximum Gasteiger partial charge on any atom is 0.164 e. The molecule has 3 aliphatic heterocycles. The van der Waals surface area contributed by atoms with Gasteiger partial charge in [-0.3, -0.25) is 0 Å². The van der Waals surface area contributed by atoms with E-state index < -0.39 is 17.5 Å². The summed E-state index contributed by atoms with van der Waals surface area (Å²) in [5, 5.41) is 9.53. The fourth-order valence-corrected chi connectivity index (χ4v) is 2.52. The molecule has 15 heavy (non-hydrogen) atoms. The van der Waals surface area contributed by atoms with E-state index in [1.807, 2.05) is 26.0 Å². The lowest BCUT2D eigenvalue weighted by atomic mass is 9.82. The monoisotopic (exact) mass is 214 g/mol. The van der Waals surface area contributed by atoms with Gasteiger partial charge in [-0.1, -0.05) is 12.2 Å². The second-order valence-electron chi connectivity index (χ2n) is 4.62. The Morgan fingerprint density at radius 3 is 2.60 bits per heavy atom. The van der Waals surface area contributed by atoms with E-state index in [0.717, 1.165) is 0 Å². The van der Waals surface area contributed by atoms with E-state index in [1.54, 1.807) is 0 Å². The molecule has 1 aliphatic carbocycles. The smallest absolute Gasteiger partial charge is 0.164 e. The molecule has 0 radical (unpaired) electrons. The van der Waals surface area contributed by atoms with Gasteiger partial charge in [-0.2, -0.15) is 0 Å². The highest BCUT2D eigenvalue weighted by Crippen LogP contribution is 2.47. The Kier molecular flexibility index (Phi) is 1.82. The van der Waals surface area contributed by atoms with E-state index >= 15 is 0 Å². The highest BCUT2D eigenvalue weighted by atomic mass is 17.2. The minimum absolute atomic E-state index is 0.143. The zero-order valence-electron chi connectivity index (χ0n) is 8.67. The third kappa shape index (κ3) is 1.15. The van der Waals surface area contributed by atoms with Crippen LogP contribution < -0.4 is 0 Å². The minimum atomic E-state index is -0.818. The quantitative estimate of drug-likeness (QED) is 0.497. The third-order valence-corrected chi connectivity index (χ3v) is 3.10. The van der Waals surface area contributed by atoms with Gasteiger partial charge < -0.3 is 14.6 Å². The van der Waals surface area contributed by atoms with Crippen LogP contribution in [-0.4, -0.2) is 41.4 Å². The van der Waals surface area contributed by atoms with Gasteiger partial charge in [0.2, 0.25) is 0 Å². The van der Waals surface area contributed by atoms with E-state index in [2.05, 4.69) is 0 Å². The lowest BCUT2D eigenvalue weighted by Crippen LogP contribution is -2.64. The van der Waals surface area contributed by atoms with Gasteiger partial charge in [0.25, 0.3) is 0 Å². The molecule has 4 rings (SSSR count). The van der Waals surface area contributed by atoms with E-state index in [0.29, 0.717) is 0 Å². The van der Waals surface area contributed by atoms with Crippen LogP contribution in [0.2, 0.25) is 0 Å². The summed E-state index contributed by atoms with van der Waals surface area (Å²) in [6.07, 6.45) is 2.73. The molecule has 5 heteroatoms. The average Bonchev–Trinajstić information content (AvgIpc) is 2.53. The summed E-state index contributed by atoms with van der Waals surface area (Å²) in [5.74, 6) is -0.715.